The summed E-state index contributed by atoms with van der Waals surface area (Å²) in [6.45, 7) is 3.32. The number of aromatic nitrogens is 2. The van der Waals surface area contributed by atoms with E-state index in [4.69, 9.17) is 5.73 Å². The molecule has 0 radical (unpaired) electrons. The minimum absolute atomic E-state index is 0.333. The van der Waals surface area contributed by atoms with Gasteiger partial charge in [-0.15, -0.1) is 0 Å². The average Bonchev–Trinajstić information content (AvgIpc) is 1.96. The highest BCUT2D eigenvalue weighted by Crippen LogP contribution is 2.04. The Hall–Kier alpha value is -1.36. The third-order valence-electron chi connectivity index (χ3n) is 1.68. The second-order valence-corrected chi connectivity index (χ2v) is 2.74. The van der Waals surface area contributed by atoms with Crippen molar-refractivity contribution in [2.45, 2.75) is 19.9 Å². The van der Waals surface area contributed by atoms with Crippen molar-refractivity contribution < 1.29 is 0 Å². The summed E-state index contributed by atoms with van der Waals surface area (Å²) in [5.74, 6) is 0. The molecule has 66 valence electrons. The van der Waals surface area contributed by atoms with Gasteiger partial charge in [0.25, 0.3) is 5.56 Å². The van der Waals surface area contributed by atoms with Crippen molar-refractivity contribution >= 4 is 0 Å². The Bertz CT molecular complexity index is 388. The van der Waals surface area contributed by atoms with E-state index in [1.807, 2.05) is 0 Å². The summed E-state index contributed by atoms with van der Waals surface area (Å²) in [5, 5.41) is 0. The van der Waals surface area contributed by atoms with E-state index in [1.54, 1.807) is 13.8 Å². The lowest BCUT2D eigenvalue weighted by Crippen LogP contribution is -2.28. The molecular weight excluding hydrogens is 158 g/mol. The van der Waals surface area contributed by atoms with E-state index < -0.39 is 5.69 Å². The molecule has 5 nitrogen and oxygen atoms in total. The quantitative estimate of drug-likeness (QED) is 0.523. The molecule has 1 aromatic heterocycles. The Morgan fingerprint density at radius 1 is 1.33 bits per heavy atom. The van der Waals surface area contributed by atoms with Crippen LogP contribution in [0.2, 0.25) is 0 Å². The van der Waals surface area contributed by atoms with Crippen LogP contribution in [0, 0.1) is 6.92 Å². The normalized spacial score (nSPS) is 12.9. The number of aromatic amines is 2. The zero-order valence-corrected chi connectivity index (χ0v) is 6.97. The van der Waals surface area contributed by atoms with Gasteiger partial charge in [0.1, 0.15) is 0 Å². The topological polar surface area (TPSA) is 91.7 Å². The first kappa shape index (κ1) is 8.73. The fourth-order valence-electron chi connectivity index (χ4n) is 1.02. The Morgan fingerprint density at radius 3 is 2.42 bits per heavy atom. The monoisotopic (exact) mass is 169 g/mol. The Kier molecular flexibility index (Phi) is 2.14. The summed E-state index contributed by atoms with van der Waals surface area (Å²) in [6, 6.07) is -0.333. The fourth-order valence-corrected chi connectivity index (χ4v) is 1.02. The minimum Gasteiger partial charge on any atom is -0.323 e. The van der Waals surface area contributed by atoms with Crippen LogP contribution in [-0.2, 0) is 0 Å². The van der Waals surface area contributed by atoms with Gasteiger partial charge in [-0.2, -0.15) is 0 Å². The van der Waals surface area contributed by atoms with Crippen molar-refractivity contribution in [2.24, 2.45) is 5.73 Å². The van der Waals surface area contributed by atoms with Gasteiger partial charge < -0.3 is 10.7 Å². The van der Waals surface area contributed by atoms with E-state index in [0.29, 0.717) is 11.3 Å². The molecule has 5 heteroatoms. The van der Waals surface area contributed by atoms with Crippen LogP contribution in [0.5, 0.6) is 0 Å². The maximum atomic E-state index is 11.0. The van der Waals surface area contributed by atoms with Gasteiger partial charge in [-0.25, -0.2) is 4.79 Å². The van der Waals surface area contributed by atoms with Gasteiger partial charge in [0, 0.05) is 17.3 Å². The molecule has 1 heterocycles. The fraction of sp³-hybridized carbons (Fsp3) is 0.429. The summed E-state index contributed by atoms with van der Waals surface area (Å²) in [4.78, 5) is 26.4. The molecule has 0 bridgehead atoms. The number of H-pyrrole nitrogens is 2. The summed E-state index contributed by atoms with van der Waals surface area (Å²) < 4.78 is 0. The minimum atomic E-state index is -0.516. The van der Waals surface area contributed by atoms with Crippen LogP contribution in [0.3, 0.4) is 0 Å². The Labute approximate surface area is 68.6 Å². The Morgan fingerprint density at radius 2 is 1.92 bits per heavy atom. The van der Waals surface area contributed by atoms with Crippen molar-refractivity contribution in [2.75, 3.05) is 0 Å². The highest BCUT2D eigenvalue weighted by atomic mass is 16.2. The number of hydrogen-bond acceptors (Lipinski definition) is 3. The van der Waals surface area contributed by atoms with Crippen molar-refractivity contribution in [3.8, 4) is 0 Å². The largest absolute Gasteiger partial charge is 0.325 e. The van der Waals surface area contributed by atoms with Crippen LogP contribution >= 0.6 is 0 Å². The number of nitrogens with one attached hydrogen (secondary N) is 2. The van der Waals surface area contributed by atoms with Gasteiger partial charge in [-0.1, -0.05) is 0 Å². The SMILES string of the molecule is Cc1c([C@H](C)N)[nH]c(=O)[nH]c1=O. The van der Waals surface area contributed by atoms with E-state index >= 15 is 0 Å². The lowest BCUT2D eigenvalue weighted by molar-refractivity contribution is 0.748. The summed E-state index contributed by atoms with van der Waals surface area (Å²) >= 11 is 0. The van der Waals surface area contributed by atoms with Crippen molar-refractivity contribution in [3.63, 3.8) is 0 Å². The lowest BCUT2D eigenvalue weighted by Gasteiger charge is -2.06. The molecule has 12 heavy (non-hydrogen) atoms. The molecule has 0 amide bonds. The second-order valence-electron chi connectivity index (χ2n) is 2.74. The smallest absolute Gasteiger partial charge is 0.323 e. The van der Waals surface area contributed by atoms with Gasteiger partial charge >= 0.3 is 5.69 Å². The first-order valence-corrected chi connectivity index (χ1v) is 3.61. The first-order chi connectivity index (χ1) is 5.52. The van der Waals surface area contributed by atoms with Gasteiger partial charge in [0.15, 0.2) is 0 Å². The van der Waals surface area contributed by atoms with Gasteiger partial charge in [0.05, 0.1) is 0 Å². The van der Waals surface area contributed by atoms with E-state index in [0.717, 1.165) is 0 Å². The summed E-state index contributed by atoms with van der Waals surface area (Å²) in [5.41, 5.74) is 5.58. The molecule has 0 aromatic carbocycles. The van der Waals surface area contributed by atoms with Gasteiger partial charge in [-0.05, 0) is 13.8 Å². The van der Waals surface area contributed by atoms with E-state index in [9.17, 15) is 9.59 Å². The highest BCUT2D eigenvalue weighted by molar-refractivity contribution is 5.16. The molecule has 0 aliphatic rings. The first-order valence-electron chi connectivity index (χ1n) is 3.61. The standard InChI is InChI=1S/C7H11N3O2/c1-3-5(4(2)8)9-7(12)10-6(3)11/h4H,8H2,1-2H3,(H2,9,10,11,12)/t4-/m0/s1. The van der Waals surface area contributed by atoms with Crippen molar-refractivity contribution in [1.82, 2.24) is 9.97 Å². The molecule has 0 saturated heterocycles. The van der Waals surface area contributed by atoms with Gasteiger partial charge in [-0.3, -0.25) is 9.78 Å². The van der Waals surface area contributed by atoms with E-state index in [2.05, 4.69) is 9.97 Å². The van der Waals surface area contributed by atoms with Crippen LogP contribution < -0.4 is 17.0 Å². The van der Waals surface area contributed by atoms with Crippen LogP contribution in [0.25, 0.3) is 0 Å². The maximum absolute atomic E-state index is 11.0. The predicted octanol–water partition coefficient (Wildman–Crippen LogP) is -0.609. The van der Waals surface area contributed by atoms with E-state index in [1.165, 1.54) is 0 Å². The van der Waals surface area contributed by atoms with Crippen molar-refractivity contribution in [1.29, 1.82) is 0 Å². The third kappa shape index (κ3) is 1.45. The molecule has 4 N–H and O–H groups in total. The van der Waals surface area contributed by atoms with Crippen molar-refractivity contribution in [3.05, 3.63) is 32.1 Å². The van der Waals surface area contributed by atoms with Crippen LogP contribution in [0.4, 0.5) is 0 Å². The summed E-state index contributed by atoms with van der Waals surface area (Å²) in [7, 11) is 0. The molecule has 0 saturated carbocycles. The zero-order chi connectivity index (χ0) is 9.30. The third-order valence-corrected chi connectivity index (χ3v) is 1.68. The second kappa shape index (κ2) is 2.94. The molecule has 0 aliphatic carbocycles. The number of hydrogen-bond donors (Lipinski definition) is 3. The number of nitrogens with two attached hydrogens (primary N) is 1. The molecule has 1 rings (SSSR count). The molecule has 0 spiro atoms. The predicted molar refractivity (Wildman–Crippen MR) is 45.0 cm³/mol. The molecule has 1 atom stereocenters. The van der Waals surface area contributed by atoms with Gasteiger partial charge in [0.2, 0.25) is 0 Å². The number of rotatable bonds is 1. The zero-order valence-electron chi connectivity index (χ0n) is 6.97. The molecule has 0 fully saturated rings. The van der Waals surface area contributed by atoms with Crippen LogP contribution in [0.1, 0.15) is 24.2 Å². The average molecular weight is 169 g/mol. The molecule has 0 aliphatic heterocycles. The highest BCUT2D eigenvalue weighted by Gasteiger charge is 2.07. The van der Waals surface area contributed by atoms with E-state index in [-0.39, 0.29) is 11.6 Å². The van der Waals surface area contributed by atoms with Crippen LogP contribution in [0.15, 0.2) is 9.59 Å². The molecular formula is C7H11N3O2. The molecule has 0 unspecified atom stereocenters. The summed E-state index contributed by atoms with van der Waals surface area (Å²) in [6.07, 6.45) is 0. The lowest BCUT2D eigenvalue weighted by atomic mass is 10.1. The maximum Gasteiger partial charge on any atom is 0.325 e. The molecule has 1 aromatic rings. The van der Waals surface area contributed by atoms with Crippen LogP contribution in [-0.4, -0.2) is 9.97 Å². The Balaban J connectivity index is 3.49.